The average molecular weight is 240 g/mol. The minimum absolute atomic E-state index is 0.0898. The molecular weight excluding hydrogens is 221 g/mol. The number of nitrogens with two attached hydrogens (primary N) is 1. The first-order chi connectivity index (χ1) is 7.35. The molecule has 0 saturated heterocycles. The summed E-state index contributed by atoms with van der Waals surface area (Å²) in [5, 5.41) is 2.93. The van der Waals surface area contributed by atoms with Gasteiger partial charge in [0.05, 0.1) is 0 Å². The van der Waals surface area contributed by atoms with Gasteiger partial charge in [0.15, 0.2) is 0 Å². The van der Waals surface area contributed by atoms with E-state index >= 15 is 0 Å². The molecule has 0 heterocycles. The number of hydrazine groups is 1. The van der Waals surface area contributed by atoms with Crippen molar-refractivity contribution in [1.82, 2.24) is 10.7 Å². The fourth-order valence-corrected chi connectivity index (χ4v) is 1.03. The molecule has 0 spiro atoms. The molecule has 0 aliphatic carbocycles. The van der Waals surface area contributed by atoms with Crippen molar-refractivity contribution in [3.8, 4) is 0 Å². The standard InChI is InChI=1S/C9H19F3N4/c1-7(2)15-8(16-13)14-6-4-3-5-9(10,11)12/h7H,3-6,13H2,1-2H3,(H2,14,15,16). The molecule has 4 N–H and O–H groups in total. The molecule has 0 saturated carbocycles. The van der Waals surface area contributed by atoms with Crippen molar-refractivity contribution in [3.63, 3.8) is 0 Å². The van der Waals surface area contributed by atoms with E-state index in [1.807, 2.05) is 13.8 Å². The number of halogens is 3. The normalized spacial score (nSPS) is 13.1. The third kappa shape index (κ3) is 9.57. The van der Waals surface area contributed by atoms with Crippen LogP contribution in [0.2, 0.25) is 0 Å². The molecule has 0 radical (unpaired) electrons. The fourth-order valence-electron chi connectivity index (χ4n) is 1.03. The fraction of sp³-hybridized carbons (Fsp3) is 0.889. The minimum Gasteiger partial charge on any atom is -0.353 e. The molecular formula is C9H19F3N4. The SMILES string of the molecule is CC(C)NC(=NCCCCC(F)(F)F)NN. The Kier molecular flexibility index (Phi) is 6.87. The number of guanidine groups is 1. The number of aliphatic imine (C=N–C) groups is 1. The van der Waals surface area contributed by atoms with Gasteiger partial charge in [-0.15, -0.1) is 0 Å². The van der Waals surface area contributed by atoms with Crippen LogP contribution in [0.15, 0.2) is 4.99 Å². The molecule has 0 fully saturated rings. The molecule has 7 heteroatoms. The maximum atomic E-state index is 11.8. The molecule has 16 heavy (non-hydrogen) atoms. The first kappa shape index (κ1) is 15.0. The second kappa shape index (κ2) is 7.32. The second-order valence-electron chi connectivity index (χ2n) is 3.75. The van der Waals surface area contributed by atoms with Crippen molar-refractivity contribution in [2.45, 2.75) is 45.3 Å². The number of nitrogens with zero attached hydrogens (tertiary/aromatic N) is 1. The number of unbranched alkanes of at least 4 members (excludes halogenated alkanes) is 1. The quantitative estimate of drug-likeness (QED) is 0.224. The molecule has 0 aromatic rings. The smallest absolute Gasteiger partial charge is 0.353 e. The van der Waals surface area contributed by atoms with Gasteiger partial charge in [0.2, 0.25) is 5.96 Å². The number of rotatable bonds is 5. The van der Waals surface area contributed by atoms with Crippen molar-refractivity contribution in [3.05, 3.63) is 0 Å². The highest BCUT2D eigenvalue weighted by Crippen LogP contribution is 2.21. The van der Waals surface area contributed by atoms with Crippen molar-refractivity contribution in [1.29, 1.82) is 0 Å². The van der Waals surface area contributed by atoms with Gasteiger partial charge in [0.25, 0.3) is 0 Å². The third-order valence-corrected chi connectivity index (χ3v) is 1.70. The molecule has 0 unspecified atom stereocenters. The number of hydrogen-bond donors (Lipinski definition) is 3. The Hall–Kier alpha value is -0.980. The zero-order valence-corrected chi connectivity index (χ0v) is 9.56. The molecule has 0 aliphatic rings. The predicted molar refractivity (Wildman–Crippen MR) is 57.8 cm³/mol. The van der Waals surface area contributed by atoms with Crippen LogP contribution in [-0.4, -0.2) is 24.7 Å². The van der Waals surface area contributed by atoms with Gasteiger partial charge in [-0.25, -0.2) is 5.84 Å². The zero-order chi connectivity index (χ0) is 12.6. The summed E-state index contributed by atoms with van der Waals surface area (Å²) >= 11 is 0. The molecule has 96 valence electrons. The van der Waals surface area contributed by atoms with Crippen LogP contribution < -0.4 is 16.6 Å². The third-order valence-electron chi connectivity index (χ3n) is 1.70. The Morgan fingerprint density at radius 1 is 1.31 bits per heavy atom. The largest absolute Gasteiger partial charge is 0.389 e. The van der Waals surface area contributed by atoms with Crippen LogP contribution in [0.3, 0.4) is 0 Å². The Morgan fingerprint density at radius 2 is 1.94 bits per heavy atom. The van der Waals surface area contributed by atoms with Crippen LogP contribution in [0, 0.1) is 0 Å². The van der Waals surface area contributed by atoms with Gasteiger partial charge in [-0.3, -0.25) is 10.4 Å². The van der Waals surface area contributed by atoms with E-state index < -0.39 is 12.6 Å². The molecule has 0 aromatic carbocycles. The summed E-state index contributed by atoms with van der Waals surface area (Å²) in [4.78, 5) is 4.00. The number of hydrogen-bond acceptors (Lipinski definition) is 2. The lowest BCUT2D eigenvalue weighted by Gasteiger charge is -2.11. The monoisotopic (exact) mass is 240 g/mol. The summed E-state index contributed by atoms with van der Waals surface area (Å²) in [6.45, 7) is 4.16. The van der Waals surface area contributed by atoms with E-state index in [0.717, 1.165) is 0 Å². The van der Waals surface area contributed by atoms with Crippen LogP contribution in [0.5, 0.6) is 0 Å². The van der Waals surface area contributed by atoms with Crippen LogP contribution in [0.25, 0.3) is 0 Å². The van der Waals surface area contributed by atoms with E-state index in [9.17, 15) is 13.2 Å². The summed E-state index contributed by atoms with van der Waals surface area (Å²) in [5.74, 6) is 5.59. The van der Waals surface area contributed by atoms with Gasteiger partial charge >= 0.3 is 6.18 Å². The van der Waals surface area contributed by atoms with Gasteiger partial charge in [0.1, 0.15) is 0 Å². The molecule has 0 rings (SSSR count). The Balaban J connectivity index is 3.72. The van der Waals surface area contributed by atoms with Gasteiger partial charge in [-0.1, -0.05) is 0 Å². The highest BCUT2D eigenvalue weighted by molar-refractivity contribution is 5.79. The van der Waals surface area contributed by atoms with E-state index in [4.69, 9.17) is 5.84 Å². The molecule has 0 aromatic heterocycles. The number of alkyl halides is 3. The molecule has 0 aliphatic heterocycles. The van der Waals surface area contributed by atoms with E-state index in [1.54, 1.807) is 0 Å². The Bertz CT molecular complexity index is 213. The lowest BCUT2D eigenvalue weighted by Crippen LogP contribution is -2.44. The topological polar surface area (TPSA) is 62.4 Å². The van der Waals surface area contributed by atoms with Crippen molar-refractivity contribution < 1.29 is 13.2 Å². The second-order valence-corrected chi connectivity index (χ2v) is 3.75. The van der Waals surface area contributed by atoms with Crippen molar-refractivity contribution >= 4 is 5.96 Å². The lowest BCUT2D eigenvalue weighted by atomic mass is 10.2. The molecule has 0 atom stereocenters. The Morgan fingerprint density at radius 3 is 2.38 bits per heavy atom. The maximum Gasteiger partial charge on any atom is 0.389 e. The summed E-state index contributed by atoms with van der Waals surface area (Å²) in [5.41, 5.74) is 2.36. The van der Waals surface area contributed by atoms with E-state index in [1.165, 1.54) is 0 Å². The maximum absolute atomic E-state index is 11.8. The van der Waals surface area contributed by atoms with Gasteiger partial charge in [0, 0.05) is 19.0 Å². The van der Waals surface area contributed by atoms with Gasteiger partial charge in [-0.05, 0) is 26.7 Å². The van der Waals surface area contributed by atoms with Gasteiger partial charge < -0.3 is 5.32 Å². The first-order valence-corrected chi connectivity index (χ1v) is 5.19. The molecule has 0 bridgehead atoms. The zero-order valence-electron chi connectivity index (χ0n) is 9.56. The van der Waals surface area contributed by atoms with Crippen molar-refractivity contribution in [2.24, 2.45) is 10.8 Å². The highest BCUT2D eigenvalue weighted by Gasteiger charge is 2.25. The van der Waals surface area contributed by atoms with Crippen LogP contribution >= 0.6 is 0 Å². The summed E-state index contributed by atoms with van der Waals surface area (Å²) in [6.07, 6.45) is -4.35. The summed E-state index contributed by atoms with van der Waals surface area (Å²) < 4.78 is 35.4. The van der Waals surface area contributed by atoms with Crippen LogP contribution in [0.1, 0.15) is 33.1 Å². The van der Waals surface area contributed by atoms with E-state index in [-0.39, 0.29) is 12.5 Å². The average Bonchev–Trinajstić information content (AvgIpc) is 2.13. The Labute approximate surface area is 93.5 Å². The van der Waals surface area contributed by atoms with Crippen LogP contribution in [0.4, 0.5) is 13.2 Å². The molecule has 4 nitrogen and oxygen atoms in total. The lowest BCUT2D eigenvalue weighted by molar-refractivity contribution is -0.135. The highest BCUT2D eigenvalue weighted by atomic mass is 19.4. The molecule has 0 amide bonds. The van der Waals surface area contributed by atoms with Crippen molar-refractivity contribution in [2.75, 3.05) is 6.54 Å². The van der Waals surface area contributed by atoms with E-state index in [2.05, 4.69) is 15.7 Å². The van der Waals surface area contributed by atoms with E-state index in [0.29, 0.717) is 18.9 Å². The van der Waals surface area contributed by atoms with Gasteiger partial charge in [-0.2, -0.15) is 13.2 Å². The summed E-state index contributed by atoms with van der Waals surface area (Å²) in [6, 6.07) is 0.171. The number of nitrogens with one attached hydrogen (secondary N) is 2. The summed E-state index contributed by atoms with van der Waals surface area (Å²) in [7, 11) is 0. The first-order valence-electron chi connectivity index (χ1n) is 5.19. The predicted octanol–water partition coefficient (Wildman–Crippen LogP) is 1.54. The minimum atomic E-state index is -4.07. The van der Waals surface area contributed by atoms with Crippen LogP contribution in [-0.2, 0) is 0 Å².